The Morgan fingerprint density at radius 3 is 2.71 bits per heavy atom. The van der Waals surface area contributed by atoms with Gasteiger partial charge in [0, 0.05) is 5.39 Å². The molecule has 0 amide bonds. The van der Waals surface area contributed by atoms with Crippen LogP contribution in [0.1, 0.15) is 64.2 Å². The Morgan fingerprint density at radius 2 is 2.00 bits per heavy atom. The minimum atomic E-state index is 0.334. The van der Waals surface area contributed by atoms with Crippen LogP contribution in [0.5, 0.6) is 0 Å². The lowest BCUT2D eigenvalue weighted by Crippen LogP contribution is -2.21. The van der Waals surface area contributed by atoms with Crippen LogP contribution in [-0.4, -0.2) is 6.54 Å². The van der Waals surface area contributed by atoms with Crippen LogP contribution in [0.3, 0.4) is 0 Å². The predicted octanol–water partition coefficient (Wildman–Crippen LogP) is 6.21. The number of hydrogen-bond donors (Lipinski definition) is 1. The van der Waals surface area contributed by atoms with E-state index in [2.05, 4.69) is 53.3 Å². The highest BCUT2D eigenvalue weighted by Gasteiger charge is 2.16. The maximum absolute atomic E-state index is 6.11. The van der Waals surface area contributed by atoms with Crippen LogP contribution in [0.15, 0.2) is 33.2 Å². The Bertz CT molecular complexity index is 549. The second-order valence-corrected chi connectivity index (χ2v) is 6.52. The highest BCUT2D eigenvalue weighted by Crippen LogP contribution is 2.31. The Morgan fingerprint density at radius 1 is 1.14 bits per heavy atom. The molecule has 3 heteroatoms. The molecule has 0 fully saturated rings. The quantitative estimate of drug-likeness (QED) is 0.543. The third-order valence-electron chi connectivity index (χ3n) is 3.85. The smallest absolute Gasteiger partial charge is 0.148 e. The van der Waals surface area contributed by atoms with Gasteiger partial charge in [0.05, 0.1) is 10.5 Å². The second-order valence-electron chi connectivity index (χ2n) is 5.66. The van der Waals surface area contributed by atoms with Crippen LogP contribution in [0.25, 0.3) is 11.0 Å². The molecule has 1 N–H and O–H groups in total. The highest BCUT2D eigenvalue weighted by molar-refractivity contribution is 9.10. The maximum Gasteiger partial charge on any atom is 0.148 e. The molecule has 1 unspecified atom stereocenters. The zero-order valence-corrected chi connectivity index (χ0v) is 14.7. The molecule has 2 nitrogen and oxygen atoms in total. The van der Waals surface area contributed by atoms with E-state index in [0.717, 1.165) is 35.2 Å². The summed E-state index contributed by atoms with van der Waals surface area (Å²) in [4.78, 5) is 0. The van der Waals surface area contributed by atoms with E-state index in [-0.39, 0.29) is 0 Å². The Labute approximate surface area is 136 Å². The normalized spacial score (nSPS) is 12.9. The van der Waals surface area contributed by atoms with E-state index in [0.29, 0.717) is 6.04 Å². The summed E-state index contributed by atoms with van der Waals surface area (Å²) in [7, 11) is 0. The lowest BCUT2D eigenvalue weighted by molar-refractivity contribution is 0.397. The first kappa shape index (κ1) is 16.6. The van der Waals surface area contributed by atoms with E-state index >= 15 is 0 Å². The zero-order valence-electron chi connectivity index (χ0n) is 13.1. The minimum Gasteiger partial charge on any atom is -0.458 e. The van der Waals surface area contributed by atoms with Crippen molar-refractivity contribution in [2.24, 2.45) is 0 Å². The number of rotatable bonds is 9. The molecule has 0 saturated heterocycles. The topological polar surface area (TPSA) is 25.2 Å². The molecule has 116 valence electrons. The van der Waals surface area contributed by atoms with E-state index in [1.807, 2.05) is 6.07 Å². The zero-order chi connectivity index (χ0) is 15.1. The average Bonchev–Trinajstić information content (AvgIpc) is 2.92. The van der Waals surface area contributed by atoms with Gasteiger partial charge >= 0.3 is 0 Å². The van der Waals surface area contributed by atoms with Crippen LogP contribution >= 0.6 is 15.9 Å². The van der Waals surface area contributed by atoms with Gasteiger partial charge in [-0.05, 0) is 47.4 Å². The molecule has 0 aliphatic rings. The van der Waals surface area contributed by atoms with Crippen molar-refractivity contribution < 1.29 is 4.42 Å². The summed E-state index contributed by atoms with van der Waals surface area (Å²) in [5.74, 6) is 1.07. The number of hydrogen-bond acceptors (Lipinski definition) is 2. The van der Waals surface area contributed by atoms with Gasteiger partial charge < -0.3 is 9.73 Å². The van der Waals surface area contributed by atoms with Gasteiger partial charge in [-0.1, -0.05) is 51.7 Å². The Balaban J connectivity index is 2.11. The number of fused-ring (bicyclic) bond motifs is 1. The maximum atomic E-state index is 6.11. The van der Waals surface area contributed by atoms with Gasteiger partial charge in [0.1, 0.15) is 11.3 Å². The molecule has 2 rings (SSSR count). The third-order valence-corrected chi connectivity index (χ3v) is 4.47. The van der Waals surface area contributed by atoms with Crippen LogP contribution in [0.4, 0.5) is 0 Å². The fourth-order valence-electron chi connectivity index (χ4n) is 2.66. The molecule has 1 aromatic heterocycles. The summed E-state index contributed by atoms with van der Waals surface area (Å²) in [6.07, 6.45) is 7.47. The minimum absolute atomic E-state index is 0.334. The predicted molar refractivity (Wildman–Crippen MR) is 93.7 cm³/mol. The third kappa shape index (κ3) is 4.58. The molecular weight excluding hydrogens is 326 g/mol. The van der Waals surface area contributed by atoms with Gasteiger partial charge in [-0.15, -0.1) is 0 Å². The van der Waals surface area contributed by atoms with Crippen molar-refractivity contribution in [2.45, 2.75) is 58.4 Å². The summed E-state index contributed by atoms with van der Waals surface area (Å²) >= 11 is 3.57. The first-order chi connectivity index (χ1) is 10.3. The van der Waals surface area contributed by atoms with E-state index in [1.165, 1.54) is 31.1 Å². The van der Waals surface area contributed by atoms with E-state index in [1.54, 1.807) is 0 Å². The van der Waals surface area contributed by atoms with Crippen molar-refractivity contribution in [3.05, 3.63) is 34.5 Å². The van der Waals surface area contributed by atoms with Gasteiger partial charge in [0.2, 0.25) is 0 Å². The molecule has 1 aromatic carbocycles. The van der Waals surface area contributed by atoms with Crippen molar-refractivity contribution in [2.75, 3.05) is 6.54 Å². The number of benzene rings is 1. The van der Waals surface area contributed by atoms with E-state index in [4.69, 9.17) is 4.42 Å². The largest absolute Gasteiger partial charge is 0.458 e. The van der Waals surface area contributed by atoms with Gasteiger partial charge in [0.25, 0.3) is 0 Å². The molecule has 2 aromatic rings. The van der Waals surface area contributed by atoms with Crippen LogP contribution in [0.2, 0.25) is 0 Å². The molecule has 0 saturated carbocycles. The van der Waals surface area contributed by atoms with E-state index < -0.39 is 0 Å². The molecular formula is C18H26BrNO. The van der Waals surface area contributed by atoms with Crippen molar-refractivity contribution >= 4 is 26.9 Å². The molecule has 0 radical (unpaired) electrons. The number of halogens is 1. The van der Waals surface area contributed by atoms with Gasteiger partial charge in [0.15, 0.2) is 0 Å². The summed E-state index contributed by atoms with van der Waals surface area (Å²) in [6.45, 7) is 5.50. The van der Waals surface area contributed by atoms with Crippen molar-refractivity contribution in [3.8, 4) is 0 Å². The highest BCUT2D eigenvalue weighted by atomic mass is 79.9. The fourth-order valence-corrected chi connectivity index (χ4v) is 3.12. The summed E-state index contributed by atoms with van der Waals surface area (Å²) < 4.78 is 7.14. The lowest BCUT2D eigenvalue weighted by atomic mass is 10.0. The van der Waals surface area contributed by atoms with Gasteiger partial charge in [-0.3, -0.25) is 0 Å². The molecule has 0 aliphatic heterocycles. The Hall–Kier alpha value is -0.800. The van der Waals surface area contributed by atoms with Crippen LogP contribution in [0, 0.1) is 0 Å². The van der Waals surface area contributed by atoms with Gasteiger partial charge in [-0.2, -0.15) is 0 Å². The van der Waals surface area contributed by atoms with Crippen molar-refractivity contribution in [1.82, 2.24) is 5.32 Å². The number of unbranched alkanes of at least 4 members (excludes halogenated alkanes) is 3. The first-order valence-corrected chi connectivity index (χ1v) is 8.96. The average molecular weight is 352 g/mol. The number of nitrogens with one attached hydrogen (secondary N) is 1. The number of para-hydroxylation sites is 1. The summed E-state index contributed by atoms with van der Waals surface area (Å²) in [5.41, 5.74) is 0.962. The van der Waals surface area contributed by atoms with Crippen LogP contribution < -0.4 is 5.32 Å². The summed E-state index contributed by atoms with van der Waals surface area (Å²) in [5, 5.41) is 4.81. The molecule has 0 aliphatic carbocycles. The molecule has 1 heterocycles. The molecule has 1 atom stereocenters. The fraction of sp³-hybridized carbons (Fsp3) is 0.556. The summed E-state index contributed by atoms with van der Waals surface area (Å²) in [6, 6.07) is 8.72. The molecule has 21 heavy (non-hydrogen) atoms. The van der Waals surface area contributed by atoms with Crippen molar-refractivity contribution in [1.29, 1.82) is 0 Å². The number of furan rings is 1. The standard InChI is InChI=1S/C18H26BrNO/c1-3-5-6-7-11-16(20-12-4-2)17-13-14-9-8-10-15(19)18(14)21-17/h8-10,13,16,20H,3-7,11-12H2,1-2H3. The second kappa shape index (κ2) is 8.60. The Kier molecular flexibility index (Phi) is 6.78. The molecule has 0 bridgehead atoms. The van der Waals surface area contributed by atoms with E-state index in [9.17, 15) is 0 Å². The van der Waals surface area contributed by atoms with Crippen molar-refractivity contribution in [3.63, 3.8) is 0 Å². The monoisotopic (exact) mass is 351 g/mol. The lowest BCUT2D eigenvalue weighted by Gasteiger charge is -2.16. The molecule has 0 spiro atoms. The SMILES string of the molecule is CCCCCCC(NCCC)c1cc2cccc(Br)c2o1. The first-order valence-electron chi connectivity index (χ1n) is 8.17. The van der Waals surface area contributed by atoms with Gasteiger partial charge in [-0.25, -0.2) is 0 Å². The van der Waals surface area contributed by atoms with Crippen LogP contribution in [-0.2, 0) is 0 Å².